The molecule has 13 heavy (non-hydrogen) atoms. The molecule has 2 N–H and O–H groups in total. The number of piperazine rings is 1. The fourth-order valence-corrected chi connectivity index (χ4v) is 1.40. The predicted molar refractivity (Wildman–Crippen MR) is 48.0 cm³/mol. The lowest BCUT2D eigenvalue weighted by Crippen LogP contribution is -2.46. The van der Waals surface area contributed by atoms with Crippen molar-refractivity contribution in [1.29, 1.82) is 0 Å². The summed E-state index contributed by atoms with van der Waals surface area (Å²) in [5.74, 6) is 0.0605. The van der Waals surface area contributed by atoms with E-state index in [0.29, 0.717) is 13.1 Å². The van der Waals surface area contributed by atoms with Gasteiger partial charge in [0.1, 0.15) is 0 Å². The molecule has 1 fully saturated rings. The fourth-order valence-electron chi connectivity index (χ4n) is 1.40. The zero-order valence-corrected chi connectivity index (χ0v) is 7.16. The summed E-state index contributed by atoms with van der Waals surface area (Å²) in [7, 11) is 0. The summed E-state index contributed by atoms with van der Waals surface area (Å²) in [5, 5.41) is 5.95. The van der Waals surface area contributed by atoms with E-state index >= 15 is 0 Å². The Kier molecular flexibility index (Phi) is 2.23. The summed E-state index contributed by atoms with van der Waals surface area (Å²) < 4.78 is 0. The number of carbonyl (C=O) groups excluding carboxylic acids is 1. The molecule has 2 heterocycles. The van der Waals surface area contributed by atoms with Gasteiger partial charge in [0, 0.05) is 18.9 Å². The first-order valence-electron chi connectivity index (χ1n) is 4.26. The lowest BCUT2D eigenvalue weighted by atomic mass is 10.1. The number of carbonyl (C=O) groups is 1. The van der Waals surface area contributed by atoms with Crippen LogP contribution in [-0.4, -0.2) is 24.0 Å². The van der Waals surface area contributed by atoms with Crippen LogP contribution in [-0.2, 0) is 4.79 Å². The molecule has 1 saturated heterocycles. The van der Waals surface area contributed by atoms with E-state index in [9.17, 15) is 4.79 Å². The topological polar surface area (TPSA) is 54.0 Å². The second-order valence-corrected chi connectivity index (χ2v) is 3.02. The smallest absolute Gasteiger partial charge is 0.234 e. The highest BCUT2D eigenvalue weighted by molar-refractivity contribution is 5.78. The second-order valence-electron chi connectivity index (χ2n) is 3.02. The molecular formula is C9H11N3O. The summed E-state index contributed by atoms with van der Waals surface area (Å²) in [4.78, 5) is 14.8. The molecule has 2 rings (SSSR count). The van der Waals surface area contributed by atoms with E-state index in [0.717, 1.165) is 5.56 Å². The number of pyridine rings is 1. The van der Waals surface area contributed by atoms with E-state index in [1.54, 1.807) is 12.4 Å². The van der Waals surface area contributed by atoms with Crippen LogP contribution in [0.2, 0.25) is 0 Å². The van der Waals surface area contributed by atoms with Gasteiger partial charge in [-0.15, -0.1) is 0 Å². The van der Waals surface area contributed by atoms with E-state index in [-0.39, 0.29) is 11.9 Å². The van der Waals surface area contributed by atoms with Crippen molar-refractivity contribution in [3.05, 3.63) is 30.1 Å². The van der Waals surface area contributed by atoms with Crippen LogP contribution in [0.25, 0.3) is 0 Å². The van der Waals surface area contributed by atoms with Crippen molar-refractivity contribution in [2.75, 3.05) is 13.1 Å². The van der Waals surface area contributed by atoms with E-state index in [1.807, 2.05) is 12.1 Å². The fraction of sp³-hybridized carbons (Fsp3) is 0.333. The molecule has 1 aliphatic heterocycles. The SMILES string of the molecule is O=C1CN[C@H](c2ccncc2)CN1. The Balaban J connectivity index is 2.07. The number of rotatable bonds is 1. The zero-order valence-electron chi connectivity index (χ0n) is 7.16. The highest BCUT2D eigenvalue weighted by atomic mass is 16.2. The molecule has 1 atom stereocenters. The first-order chi connectivity index (χ1) is 6.36. The Hall–Kier alpha value is -1.42. The van der Waals surface area contributed by atoms with Crippen molar-refractivity contribution in [2.24, 2.45) is 0 Å². The maximum atomic E-state index is 10.9. The average Bonchev–Trinajstić information content (AvgIpc) is 2.20. The van der Waals surface area contributed by atoms with Crippen LogP contribution in [0.1, 0.15) is 11.6 Å². The van der Waals surface area contributed by atoms with Crippen molar-refractivity contribution in [1.82, 2.24) is 15.6 Å². The van der Waals surface area contributed by atoms with Crippen LogP contribution in [0.5, 0.6) is 0 Å². The van der Waals surface area contributed by atoms with E-state index < -0.39 is 0 Å². The molecule has 1 amide bonds. The van der Waals surface area contributed by atoms with Gasteiger partial charge in [0.2, 0.25) is 5.91 Å². The van der Waals surface area contributed by atoms with Crippen LogP contribution >= 0.6 is 0 Å². The third-order valence-electron chi connectivity index (χ3n) is 2.12. The number of hydrogen-bond acceptors (Lipinski definition) is 3. The highest BCUT2D eigenvalue weighted by Gasteiger charge is 2.17. The molecule has 1 aromatic heterocycles. The van der Waals surface area contributed by atoms with Gasteiger partial charge in [0.15, 0.2) is 0 Å². The van der Waals surface area contributed by atoms with Gasteiger partial charge >= 0.3 is 0 Å². The number of nitrogens with zero attached hydrogens (tertiary/aromatic N) is 1. The molecule has 68 valence electrons. The first kappa shape index (κ1) is 8.19. The largest absolute Gasteiger partial charge is 0.353 e. The van der Waals surface area contributed by atoms with Crippen LogP contribution in [0.4, 0.5) is 0 Å². The van der Waals surface area contributed by atoms with Gasteiger partial charge in [-0.3, -0.25) is 15.1 Å². The Morgan fingerprint density at radius 2 is 2.15 bits per heavy atom. The Morgan fingerprint density at radius 1 is 1.38 bits per heavy atom. The van der Waals surface area contributed by atoms with Gasteiger partial charge in [-0.2, -0.15) is 0 Å². The van der Waals surface area contributed by atoms with Crippen LogP contribution < -0.4 is 10.6 Å². The Bertz CT molecular complexity index is 289. The third-order valence-corrected chi connectivity index (χ3v) is 2.12. The number of hydrogen-bond donors (Lipinski definition) is 2. The van der Waals surface area contributed by atoms with Crippen molar-refractivity contribution < 1.29 is 4.79 Å². The van der Waals surface area contributed by atoms with Gasteiger partial charge in [-0.25, -0.2) is 0 Å². The molecular weight excluding hydrogens is 166 g/mol. The Labute approximate surface area is 76.4 Å². The minimum atomic E-state index is 0.0605. The second kappa shape index (κ2) is 3.53. The highest BCUT2D eigenvalue weighted by Crippen LogP contribution is 2.11. The van der Waals surface area contributed by atoms with Crippen LogP contribution in [0, 0.1) is 0 Å². The van der Waals surface area contributed by atoms with Gasteiger partial charge in [-0.05, 0) is 17.7 Å². The third kappa shape index (κ3) is 1.84. The van der Waals surface area contributed by atoms with Gasteiger partial charge in [-0.1, -0.05) is 0 Å². The number of amides is 1. The van der Waals surface area contributed by atoms with E-state index in [1.165, 1.54) is 0 Å². The summed E-state index contributed by atoms with van der Waals surface area (Å²) in [5.41, 5.74) is 1.16. The monoisotopic (exact) mass is 177 g/mol. The summed E-state index contributed by atoms with van der Waals surface area (Å²) in [6.45, 7) is 1.05. The quantitative estimate of drug-likeness (QED) is 0.627. The molecule has 0 spiro atoms. The normalized spacial score (nSPS) is 22.5. The van der Waals surface area contributed by atoms with Crippen LogP contribution in [0.3, 0.4) is 0 Å². The minimum absolute atomic E-state index is 0.0605. The molecule has 0 aliphatic carbocycles. The molecule has 1 aliphatic rings. The molecule has 0 radical (unpaired) electrons. The standard InChI is InChI=1S/C9H11N3O/c13-9-6-11-8(5-12-9)7-1-3-10-4-2-7/h1-4,8,11H,5-6H2,(H,12,13)/t8-/m0/s1. The summed E-state index contributed by atoms with van der Waals surface area (Å²) in [6, 6.07) is 4.13. The van der Waals surface area contributed by atoms with Crippen molar-refractivity contribution in [2.45, 2.75) is 6.04 Å². The number of aromatic nitrogens is 1. The molecule has 4 heteroatoms. The lowest BCUT2D eigenvalue weighted by molar-refractivity contribution is -0.121. The summed E-state index contributed by atoms with van der Waals surface area (Å²) >= 11 is 0. The molecule has 0 saturated carbocycles. The molecule has 1 aromatic rings. The predicted octanol–water partition coefficient (Wildman–Crippen LogP) is -0.158. The van der Waals surface area contributed by atoms with Gasteiger partial charge in [0.05, 0.1) is 12.6 Å². The first-order valence-corrected chi connectivity index (χ1v) is 4.26. The summed E-state index contributed by atoms with van der Waals surface area (Å²) in [6.07, 6.45) is 3.51. The lowest BCUT2D eigenvalue weighted by Gasteiger charge is -2.24. The zero-order chi connectivity index (χ0) is 9.10. The van der Waals surface area contributed by atoms with Crippen molar-refractivity contribution in [3.63, 3.8) is 0 Å². The van der Waals surface area contributed by atoms with E-state index in [2.05, 4.69) is 15.6 Å². The van der Waals surface area contributed by atoms with Gasteiger partial charge < -0.3 is 5.32 Å². The Morgan fingerprint density at radius 3 is 2.77 bits per heavy atom. The molecule has 0 unspecified atom stereocenters. The van der Waals surface area contributed by atoms with Crippen molar-refractivity contribution >= 4 is 5.91 Å². The van der Waals surface area contributed by atoms with Crippen molar-refractivity contribution in [3.8, 4) is 0 Å². The average molecular weight is 177 g/mol. The maximum Gasteiger partial charge on any atom is 0.234 e. The molecule has 4 nitrogen and oxygen atoms in total. The minimum Gasteiger partial charge on any atom is -0.353 e. The molecule has 0 bridgehead atoms. The molecule has 0 aromatic carbocycles. The van der Waals surface area contributed by atoms with E-state index in [4.69, 9.17) is 0 Å². The van der Waals surface area contributed by atoms with Crippen LogP contribution in [0.15, 0.2) is 24.5 Å². The maximum absolute atomic E-state index is 10.9. The number of nitrogens with one attached hydrogen (secondary N) is 2. The van der Waals surface area contributed by atoms with Gasteiger partial charge in [0.25, 0.3) is 0 Å².